The van der Waals surface area contributed by atoms with E-state index in [1.165, 1.54) is 0 Å². The van der Waals surface area contributed by atoms with Crippen molar-refractivity contribution in [1.29, 1.82) is 0 Å². The minimum absolute atomic E-state index is 0.139. The molecule has 0 saturated heterocycles. The molecule has 0 amide bonds. The van der Waals surface area contributed by atoms with E-state index in [1.807, 2.05) is 13.8 Å². The zero-order valence-electron chi connectivity index (χ0n) is 11.7. The summed E-state index contributed by atoms with van der Waals surface area (Å²) in [6.45, 7) is 7.44. The molecule has 0 fully saturated rings. The third-order valence-electron chi connectivity index (χ3n) is 2.10. The van der Waals surface area contributed by atoms with Crippen LogP contribution in [0.5, 0.6) is 0 Å². The number of rotatable bonds is 2. The maximum Gasteiger partial charge on any atom is 0.429 e. The van der Waals surface area contributed by atoms with Crippen molar-refractivity contribution in [2.24, 2.45) is 10.1 Å². The normalized spacial score (nSPS) is 20.0. The van der Waals surface area contributed by atoms with Gasteiger partial charge in [-0.05, 0) is 13.8 Å². The van der Waals surface area contributed by atoms with E-state index in [9.17, 15) is 17.4 Å². The van der Waals surface area contributed by atoms with Crippen molar-refractivity contribution in [3.63, 3.8) is 0 Å². The summed E-state index contributed by atoms with van der Waals surface area (Å²) < 4.78 is 48.8. The standard InChI is InChI=1S/C9H13F3N2O2S.C2H6/c1-8(2)4-7(14-16-8)17(15)5-6(13-3)9(10,11)12;1-2/h4-5H2,1-3H3;1-2H3. The number of hydrogen-bond acceptors (Lipinski definition) is 4. The first-order valence-electron chi connectivity index (χ1n) is 5.82. The molecule has 0 bridgehead atoms. The van der Waals surface area contributed by atoms with Crippen LogP contribution in [-0.2, 0) is 15.6 Å². The van der Waals surface area contributed by atoms with Crippen molar-refractivity contribution in [1.82, 2.24) is 0 Å². The largest absolute Gasteiger partial charge is 0.429 e. The molecule has 19 heavy (non-hydrogen) atoms. The summed E-state index contributed by atoms with van der Waals surface area (Å²) in [6.07, 6.45) is -4.30. The quantitative estimate of drug-likeness (QED) is 0.736. The van der Waals surface area contributed by atoms with E-state index in [0.717, 1.165) is 7.05 Å². The predicted molar refractivity (Wildman–Crippen MR) is 71.0 cm³/mol. The Hall–Kier alpha value is -0.920. The van der Waals surface area contributed by atoms with Gasteiger partial charge in [-0.3, -0.25) is 9.20 Å². The molecule has 1 atom stereocenters. The monoisotopic (exact) mass is 300 g/mol. The second kappa shape index (κ2) is 7.02. The minimum atomic E-state index is -4.56. The van der Waals surface area contributed by atoms with Gasteiger partial charge in [0.2, 0.25) is 0 Å². The minimum Gasteiger partial charge on any atom is -0.389 e. The highest BCUT2D eigenvalue weighted by atomic mass is 32.2. The van der Waals surface area contributed by atoms with Crippen LogP contribution in [0.1, 0.15) is 34.1 Å². The van der Waals surface area contributed by atoms with Gasteiger partial charge in [-0.25, -0.2) is 0 Å². The van der Waals surface area contributed by atoms with E-state index >= 15 is 0 Å². The number of aliphatic imine (C=N–C) groups is 1. The Morgan fingerprint density at radius 1 is 1.47 bits per heavy atom. The van der Waals surface area contributed by atoms with Crippen LogP contribution < -0.4 is 0 Å². The summed E-state index contributed by atoms with van der Waals surface area (Å²) >= 11 is 0. The summed E-state index contributed by atoms with van der Waals surface area (Å²) in [5.41, 5.74) is -1.66. The van der Waals surface area contributed by atoms with E-state index in [4.69, 9.17) is 4.84 Å². The predicted octanol–water partition coefficient (Wildman–Crippen LogP) is 2.91. The number of halogens is 3. The third kappa shape index (κ3) is 5.71. The van der Waals surface area contributed by atoms with Crippen molar-refractivity contribution in [3.8, 4) is 0 Å². The van der Waals surface area contributed by atoms with Crippen molar-refractivity contribution < 1.29 is 22.2 Å². The van der Waals surface area contributed by atoms with Crippen LogP contribution in [0.2, 0.25) is 0 Å². The SMILES string of the molecule is CC.CN=C(CS(=O)C1=NOC(C)(C)C1)C(F)(F)F. The Morgan fingerprint density at radius 2 is 2.00 bits per heavy atom. The second-order valence-electron chi connectivity index (χ2n) is 4.17. The van der Waals surface area contributed by atoms with Gasteiger partial charge in [0, 0.05) is 13.5 Å². The van der Waals surface area contributed by atoms with Gasteiger partial charge < -0.3 is 4.84 Å². The first-order chi connectivity index (χ1) is 8.65. The molecular formula is C11H19F3N2O2S. The molecule has 0 N–H and O–H groups in total. The van der Waals surface area contributed by atoms with Gasteiger partial charge in [-0.15, -0.1) is 0 Å². The topological polar surface area (TPSA) is 51.0 Å². The highest BCUT2D eigenvalue weighted by Gasteiger charge is 2.38. The molecule has 0 radical (unpaired) electrons. The summed E-state index contributed by atoms with van der Waals surface area (Å²) in [5.74, 6) is -0.682. The summed E-state index contributed by atoms with van der Waals surface area (Å²) in [4.78, 5) is 8.06. The Morgan fingerprint density at radius 3 is 2.32 bits per heavy atom. The van der Waals surface area contributed by atoms with E-state index < -0.39 is 34.0 Å². The molecule has 112 valence electrons. The van der Waals surface area contributed by atoms with Crippen LogP contribution in [0.25, 0.3) is 0 Å². The maximum absolute atomic E-state index is 12.4. The molecule has 1 unspecified atom stereocenters. The van der Waals surface area contributed by atoms with E-state index in [-0.39, 0.29) is 11.5 Å². The number of alkyl halides is 3. The lowest BCUT2D eigenvalue weighted by atomic mass is 10.1. The molecule has 0 spiro atoms. The van der Waals surface area contributed by atoms with Crippen molar-refractivity contribution >= 4 is 21.6 Å². The molecule has 0 aromatic carbocycles. The fourth-order valence-electron chi connectivity index (χ4n) is 1.21. The fourth-order valence-corrected chi connectivity index (χ4v) is 2.54. The van der Waals surface area contributed by atoms with Gasteiger partial charge in [-0.2, -0.15) is 13.2 Å². The Balaban J connectivity index is 0.00000154. The van der Waals surface area contributed by atoms with Gasteiger partial charge in [0.05, 0.1) is 16.6 Å². The highest BCUT2D eigenvalue weighted by molar-refractivity contribution is 8.01. The van der Waals surface area contributed by atoms with Gasteiger partial charge in [0.25, 0.3) is 0 Å². The number of nitrogens with zero attached hydrogens (tertiary/aromatic N) is 2. The lowest BCUT2D eigenvalue weighted by Crippen LogP contribution is -2.31. The number of oxime groups is 1. The zero-order valence-corrected chi connectivity index (χ0v) is 12.5. The van der Waals surface area contributed by atoms with Crippen molar-refractivity contribution in [2.45, 2.75) is 45.9 Å². The molecular weight excluding hydrogens is 281 g/mol. The Kier molecular flexibility index (Phi) is 6.68. The highest BCUT2D eigenvalue weighted by Crippen LogP contribution is 2.25. The smallest absolute Gasteiger partial charge is 0.389 e. The van der Waals surface area contributed by atoms with Crippen LogP contribution >= 0.6 is 0 Å². The molecule has 0 aliphatic carbocycles. The first kappa shape index (κ1) is 18.1. The average Bonchev–Trinajstić information content (AvgIpc) is 2.67. The molecule has 0 saturated carbocycles. The third-order valence-corrected chi connectivity index (χ3v) is 3.38. The second-order valence-corrected chi connectivity index (χ2v) is 5.62. The summed E-state index contributed by atoms with van der Waals surface area (Å²) in [7, 11) is -0.819. The van der Waals surface area contributed by atoms with Crippen LogP contribution in [0.4, 0.5) is 13.2 Å². The van der Waals surface area contributed by atoms with Crippen molar-refractivity contribution in [3.05, 3.63) is 0 Å². The zero-order chi connectivity index (χ0) is 15.3. The molecule has 1 aliphatic heterocycles. The first-order valence-corrected chi connectivity index (χ1v) is 7.14. The van der Waals surface area contributed by atoms with Gasteiger partial charge in [-0.1, -0.05) is 19.0 Å². The van der Waals surface area contributed by atoms with Gasteiger partial charge in [0.15, 0.2) is 0 Å². The Labute approximate surface area is 113 Å². The van der Waals surface area contributed by atoms with Crippen LogP contribution in [0, 0.1) is 0 Å². The maximum atomic E-state index is 12.4. The number of hydrogen-bond donors (Lipinski definition) is 0. The van der Waals surface area contributed by atoms with Crippen LogP contribution in [-0.4, -0.2) is 39.5 Å². The van der Waals surface area contributed by atoms with Gasteiger partial charge >= 0.3 is 6.18 Å². The average molecular weight is 300 g/mol. The molecule has 1 aliphatic rings. The molecule has 4 nitrogen and oxygen atoms in total. The molecule has 1 rings (SSSR count). The van der Waals surface area contributed by atoms with Crippen LogP contribution in [0.3, 0.4) is 0 Å². The van der Waals surface area contributed by atoms with E-state index in [1.54, 1.807) is 13.8 Å². The molecule has 1 heterocycles. The summed E-state index contributed by atoms with van der Waals surface area (Å²) in [5, 5.41) is 3.69. The summed E-state index contributed by atoms with van der Waals surface area (Å²) in [6, 6.07) is 0. The van der Waals surface area contributed by atoms with Gasteiger partial charge in [0.1, 0.15) is 16.4 Å². The lowest BCUT2D eigenvalue weighted by Gasteiger charge is -2.13. The molecule has 0 aromatic heterocycles. The lowest BCUT2D eigenvalue weighted by molar-refractivity contribution is -0.0590. The van der Waals surface area contributed by atoms with Crippen molar-refractivity contribution in [2.75, 3.05) is 12.8 Å². The molecule has 8 heteroatoms. The van der Waals surface area contributed by atoms with E-state index in [2.05, 4.69) is 10.1 Å². The van der Waals surface area contributed by atoms with Crippen LogP contribution in [0.15, 0.2) is 10.1 Å². The van der Waals surface area contributed by atoms with E-state index in [0.29, 0.717) is 0 Å². The molecule has 0 aromatic rings. The fraction of sp³-hybridized carbons (Fsp3) is 0.818. The Bertz CT molecular complexity index is 390.